The van der Waals surface area contributed by atoms with Crippen LogP contribution in [0, 0.1) is 19.8 Å². The summed E-state index contributed by atoms with van der Waals surface area (Å²) < 4.78 is 23.4. The number of benzene rings is 1. The normalized spacial score (nSPS) is 19.4. The number of piperidine rings is 1. The Morgan fingerprint density at radius 2 is 1.80 bits per heavy atom. The molecule has 1 saturated heterocycles. The van der Waals surface area contributed by atoms with E-state index in [0.717, 1.165) is 29.5 Å². The number of pyridine rings is 1. The van der Waals surface area contributed by atoms with Gasteiger partial charge in [0.25, 0.3) is 0 Å². The number of carbonyl (C=O) groups is 2. The molecule has 0 bridgehead atoms. The fraction of sp³-hybridized carbons (Fsp3) is 0.409. The highest BCUT2D eigenvalue weighted by Gasteiger charge is 2.34. The highest BCUT2D eigenvalue weighted by atomic mass is 32.2. The largest absolute Gasteiger partial charge is 0.327 e. The van der Waals surface area contributed by atoms with Gasteiger partial charge >= 0.3 is 11.8 Å². The van der Waals surface area contributed by atoms with Crippen LogP contribution in [0.3, 0.4) is 0 Å². The van der Waals surface area contributed by atoms with Crippen molar-refractivity contribution in [2.45, 2.75) is 44.6 Å². The number of carbonyl (C=O) groups excluding carboxylic acids is 2. The first-order chi connectivity index (χ1) is 14.1. The zero-order valence-electron chi connectivity index (χ0n) is 17.7. The minimum atomic E-state index is -3.29. The molecule has 3 rings (SSSR count). The van der Waals surface area contributed by atoms with E-state index in [1.807, 2.05) is 13.8 Å². The molecule has 1 N–H and O–H groups in total. The number of anilines is 1. The number of sulfone groups is 1. The first kappa shape index (κ1) is 22.0. The van der Waals surface area contributed by atoms with E-state index in [1.54, 1.807) is 35.2 Å². The summed E-state index contributed by atoms with van der Waals surface area (Å²) in [5.41, 5.74) is 3.09. The van der Waals surface area contributed by atoms with Gasteiger partial charge in [-0.25, -0.2) is 8.42 Å². The predicted molar refractivity (Wildman–Crippen MR) is 115 cm³/mol. The Morgan fingerprint density at radius 1 is 1.13 bits per heavy atom. The van der Waals surface area contributed by atoms with E-state index in [0.29, 0.717) is 18.7 Å². The molecule has 1 aromatic heterocycles. The molecule has 2 amide bonds. The van der Waals surface area contributed by atoms with Crippen LogP contribution < -0.4 is 5.32 Å². The Kier molecular flexibility index (Phi) is 6.26. The van der Waals surface area contributed by atoms with E-state index in [9.17, 15) is 18.0 Å². The Hall–Kier alpha value is -2.74. The quantitative estimate of drug-likeness (QED) is 0.757. The highest BCUT2D eigenvalue weighted by Crippen LogP contribution is 2.34. The minimum Gasteiger partial charge on any atom is -0.327 e. The van der Waals surface area contributed by atoms with E-state index < -0.39 is 21.7 Å². The van der Waals surface area contributed by atoms with Crippen LogP contribution in [0.4, 0.5) is 5.69 Å². The zero-order chi connectivity index (χ0) is 22.1. The summed E-state index contributed by atoms with van der Waals surface area (Å²) in [5.74, 6) is -1.03. The molecular formula is C22H27N3O4S. The van der Waals surface area contributed by atoms with E-state index in [1.165, 1.54) is 6.20 Å². The molecule has 1 aliphatic rings. The smallest absolute Gasteiger partial charge is 0.313 e. The van der Waals surface area contributed by atoms with Crippen molar-refractivity contribution >= 4 is 27.3 Å². The van der Waals surface area contributed by atoms with Crippen molar-refractivity contribution in [3.8, 4) is 0 Å². The number of hydrogen-bond donors (Lipinski definition) is 1. The van der Waals surface area contributed by atoms with Crippen LogP contribution in [-0.2, 0) is 19.4 Å². The number of nitrogens with one attached hydrogen (secondary N) is 1. The fourth-order valence-electron chi connectivity index (χ4n) is 3.69. The number of aryl methyl sites for hydroxylation is 2. The molecule has 160 valence electrons. The molecular weight excluding hydrogens is 402 g/mol. The predicted octanol–water partition coefficient (Wildman–Crippen LogP) is 3.04. The first-order valence-corrected chi connectivity index (χ1v) is 11.8. The first-order valence-electron chi connectivity index (χ1n) is 9.91. The third kappa shape index (κ3) is 4.87. The van der Waals surface area contributed by atoms with Gasteiger partial charge in [0.1, 0.15) is 0 Å². The molecule has 1 aromatic carbocycles. The van der Waals surface area contributed by atoms with Gasteiger partial charge in [-0.2, -0.15) is 0 Å². The van der Waals surface area contributed by atoms with Gasteiger partial charge in [-0.05, 0) is 61.9 Å². The molecule has 0 radical (unpaired) electrons. The van der Waals surface area contributed by atoms with Crippen LogP contribution >= 0.6 is 0 Å². The number of aromatic nitrogens is 1. The third-order valence-corrected chi connectivity index (χ3v) is 6.69. The Bertz CT molecular complexity index is 1060. The monoisotopic (exact) mass is 429 g/mol. The number of rotatable bonds is 3. The molecule has 7 nitrogen and oxygen atoms in total. The van der Waals surface area contributed by atoms with E-state index >= 15 is 0 Å². The fourth-order valence-corrected chi connectivity index (χ4v) is 4.32. The van der Waals surface area contributed by atoms with E-state index in [4.69, 9.17) is 0 Å². The van der Waals surface area contributed by atoms with Crippen molar-refractivity contribution in [1.29, 1.82) is 0 Å². The van der Waals surface area contributed by atoms with Crippen LogP contribution in [0.2, 0.25) is 0 Å². The van der Waals surface area contributed by atoms with Crippen molar-refractivity contribution in [3.63, 3.8) is 0 Å². The maximum Gasteiger partial charge on any atom is 0.313 e. The number of amides is 2. The summed E-state index contributed by atoms with van der Waals surface area (Å²) in [6, 6.07) is 8.06. The summed E-state index contributed by atoms with van der Waals surface area (Å²) >= 11 is 0. The SMILES string of the molecule is Cc1cc(NC(=O)C(=O)N2C[C@@H](C)CC[C@@H]2c2ccc(S(C)(=O)=O)cc2)cnc1C. The third-order valence-electron chi connectivity index (χ3n) is 5.56. The second kappa shape index (κ2) is 8.55. The minimum absolute atomic E-state index is 0.230. The maximum atomic E-state index is 13.0. The van der Waals surface area contributed by atoms with Gasteiger partial charge in [0.05, 0.1) is 22.8 Å². The maximum absolute atomic E-state index is 13.0. The molecule has 8 heteroatoms. The molecule has 2 atom stereocenters. The van der Waals surface area contributed by atoms with Crippen molar-refractivity contribution in [2.24, 2.45) is 5.92 Å². The number of nitrogens with zero attached hydrogens (tertiary/aromatic N) is 2. The molecule has 2 aromatic rings. The van der Waals surface area contributed by atoms with Crippen LogP contribution in [0.25, 0.3) is 0 Å². The molecule has 0 aliphatic carbocycles. The Balaban J connectivity index is 1.81. The molecule has 0 spiro atoms. The summed E-state index contributed by atoms with van der Waals surface area (Å²) in [6.45, 7) is 6.29. The van der Waals surface area contributed by atoms with Gasteiger partial charge in [-0.15, -0.1) is 0 Å². The van der Waals surface area contributed by atoms with E-state index in [2.05, 4.69) is 17.2 Å². The van der Waals surface area contributed by atoms with Crippen LogP contribution in [-0.4, -0.2) is 42.9 Å². The summed E-state index contributed by atoms with van der Waals surface area (Å²) in [4.78, 5) is 31.7. The van der Waals surface area contributed by atoms with Gasteiger partial charge in [0.2, 0.25) is 0 Å². The highest BCUT2D eigenvalue weighted by molar-refractivity contribution is 7.90. The average molecular weight is 430 g/mol. The van der Waals surface area contributed by atoms with Gasteiger partial charge < -0.3 is 10.2 Å². The van der Waals surface area contributed by atoms with Crippen molar-refractivity contribution in [1.82, 2.24) is 9.88 Å². The van der Waals surface area contributed by atoms with E-state index in [-0.39, 0.29) is 16.9 Å². The zero-order valence-corrected chi connectivity index (χ0v) is 18.5. The standard InChI is InChI=1S/C22H27N3O4S/c1-14-5-10-20(17-6-8-19(9-7-17)30(4,28)29)25(13-14)22(27)21(26)24-18-11-15(2)16(3)23-12-18/h6-9,11-12,14,20H,5,10,13H2,1-4H3,(H,24,26)/t14-,20+/m0/s1. The molecule has 1 fully saturated rings. The lowest BCUT2D eigenvalue weighted by atomic mass is 9.90. The number of likely N-dealkylation sites (tertiary alicyclic amines) is 1. The molecule has 2 heterocycles. The second-order valence-electron chi connectivity index (χ2n) is 8.08. The molecule has 0 unspecified atom stereocenters. The lowest BCUT2D eigenvalue weighted by Gasteiger charge is -2.38. The van der Waals surface area contributed by atoms with Crippen LogP contribution in [0.15, 0.2) is 41.4 Å². The van der Waals surface area contributed by atoms with Gasteiger partial charge in [0, 0.05) is 18.5 Å². The average Bonchev–Trinajstić information content (AvgIpc) is 2.69. The molecule has 0 saturated carbocycles. The Morgan fingerprint density at radius 3 is 2.40 bits per heavy atom. The van der Waals surface area contributed by atoms with Crippen LogP contribution in [0.5, 0.6) is 0 Å². The van der Waals surface area contributed by atoms with Crippen molar-refractivity contribution in [3.05, 3.63) is 53.3 Å². The van der Waals surface area contributed by atoms with Gasteiger partial charge in [0.15, 0.2) is 9.84 Å². The summed E-state index contributed by atoms with van der Waals surface area (Å²) in [6.07, 6.45) is 4.33. The summed E-state index contributed by atoms with van der Waals surface area (Å²) in [7, 11) is -3.29. The molecule has 30 heavy (non-hydrogen) atoms. The summed E-state index contributed by atoms with van der Waals surface area (Å²) in [5, 5.41) is 2.65. The molecule has 1 aliphatic heterocycles. The lowest BCUT2D eigenvalue weighted by Crippen LogP contribution is -2.46. The van der Waals surface area contributed by atoms with Crippen molar-refractivity contribution < 1.29 is 18.0 Å². The Labute approximate surface area is 177 Å². The van der Waals surface area contributed by atoms with Crippen molar-refractivity contribution in [2.75, 3.05) is 18.1 Å². The second-order valence-corrected chi connectivity index (χ2v) is 10.1. The van der Waals surface area contributed by atoms with Gasteiger partial charge in [-0.1, -0.05) is 19.1 Å². The lowest BCUT2D eigenvalue weighted by molar-refractivity contribution is -0.146. The number of hydrogen-bond acceptors (Lipinski definition) is 5. The topological polar surface area (TPSA) is 96.4 Å². The van der Waals surface area contributed by atoms with Gasteiger partial charge in [-0.3, -0.25) is 14.6 Å². The van der Waals surface area contributed by atoms with Crippen LogP contribution in [0.1, 0.15) is 42.6 Å².